The number of nitrogens with zero attached hydrogens (tertiary/aromatic N) is 1. The summed E-state index contributed by atoms with van der Waals surface area (Å²) in [5, 5.41) is 0. The summed E-state index contributed by atoms with van der Waals surface area (Å²) in [6.07, 6.45) is 1.89. The van der Waals surface area contributed by atoms with Gasteiger partial charge in [-0.25, -0.2) is 0 Å². The Morgan fingerprint density at radius 3 is 2.24 bits per heavy atom. The number of aromatic amines is 1. The average molecular weight is 274 g/mol. The summed E-state index contributed by atoms with van der Waals surface area (Å²) < 4.78 is 0. The van der Waals surface area contributed by atoms with Crippen molar-refractivity contribution in [2.75, 3.05) is 0 Å². The molecule has 1 aromatic heterocycles. The van der Waals surface area contributed by atoms with Crippen molar-refractivity contribution >= 4 is 11.9 Å². The maximum atomic E-state index is 4.63. The van der Waals surface area contributed by atoms with Gasteiger partial charge in [0.15, 0.2) is 0 Å². The van der Waals surface area contributed by atoms with E-state index in [1.165, 1.54) is 16.7 Å². The van der Waals surface area contributed by atoms with Gasteiger partial charge in [0.2, 0.25) is 0 Å². The van der Waals surface area contributed by atoms with Crippen molar-refractivity contribution in [3.8, 4) is 11.3 Å². The summed E-state index contributed by atoms with van der Waals surface area (Å²) >= 11 is 0. The number of nitrogens with one attached hydrogen (secondary N) is 1. The predicted octanol–water partition coefficient (Wildman–Crippen LogP) is 5.05. The van der Waals surface area contributed by atoms with Crippen LogP contribution in [-0.4, -0.2) is 11.2 Å². The Bertz CT molecular complexity index is 747. The lowest BCUT2D eigenvalue weighted by molar-refractivity contribution is 1.32. The van der Waals surface area contributed by atoms with Gasteiger partial charge in [-0.3, -0.25) is 4.99 Å². The molecule has 0 amide bonds. The summed E-state index contributed by atoms with van der Waals surface area (Å²) in [6, 6.07) is 20.7. The fraction of sp³-hybridized carbons (Fsp3) is 0.105. The van der Waals surface area contributed by atoms with Crippen LogP contribution >= 0.6 is 0 Å². The Morgan fingerprint density at radius 2 is 1.52 bits per heavy atom. The zero-order valence-electron chi connectivity index (χ0n) is 12.3. The van der Waals surface area contributed by atoms with Gasteiger partial charge in [-0.2, -0.15) is 0 Å². The molecule has 2 nitrogen and oxygen atoms in total. The minimum Gasteiger partial charge on any atom is -0.354 e. The van der Waals surface area contributed by atoms with E-state index < -0.39 is 0 Å². The third-order valence-corrected chi connectivity index (χ3v) is 3.57. The molecule has 0 aliphatic heterocycles. The number of H-pyrrole nitrogens is 1. The van der Waals surface area contributed by atoms with E-state index in [4.69, 9.17) is 0 Å². The van der Waals surface area contributed by atoms with Gasteiger partial charge in [-0.05, 0) is 42.7 Å². The Morgan fingerprint density at radius 1 is 0.810 bits per heavy atom. The fourth-order valence-electron chi connectivity index (χ4n) is 2.42. The number of hydrogen-bond donors (Lipinski definition) is 1. The number of aromatic nitrogens is 1. The average Bonchev–Trinajstić information content (AvgIpc) is 2.97. The number of aliphatic imine (C=N–C) groups is 1. The quantitative estimate of drug-likeness (QED) is 0.647. The van der Waals surface area contributed by atoms with E-state index in [-0.39, 0.29) is 0 Å². The molecule has 0 saturated carbocycles. The Labute approximate surface area is 125 Å². The van der Waals surface area contributed by atoms with Crippen molar-refractivity contribution < 1.29 is 0 Å². The molecule has 2 heteroatoms. The van der Waals surface area contributed by atoms with Crippen LogP contribution < -0.4 is 0 Å². The zero-order chi connectivity index (χ0) is 14.7. The van der Waals surface area contributed by atoms with E-state index in [0.29, 0.717) is 0 Å². The number of hydrogen-bond acceptors (Lipinski definition) is 1. The molecular formula is C19H18N2. The highest BCUT2D eigenvalue weighted by atomic mass is 14.8. The zero-order valence-corrected chi connectivity index (χ0v) is 12.3. The third-order valence-electron chi connectivity index (χ3n) is 3.57. The fourth-order valence-corrected chi connectivity index (χ4v) is 2.42. The second-order valence-corrected chi connectivity index (χ2v) is 5.19. The van der Waals surface area contributed by atoms with Crippen LogP contribution in [0.15, 0.2) is 65.7 Å². The van der Waals surface area contributed by atoms with Gasteiger partial charge in [0.1, 0.15) is 0 Å². The summed E-state index contributed by atoms with van der Waals surface area (Å²) in [5.41, 5.74) is 6.75. The monoisotopic (exact) mass is 274 g/mol. The van der Waals surface area contributed by atoms with Crippen LogP contribution in [-0.2, 0) is 0 Å². The minimum absolute atomic E-state index is 1.01. The van der Waals surface area contributed by atoms with Crippen LogP contribution in [0.3, 0.4) is 0 Å². The Hall–Kier alpha value is -2.61. The molecule has 1 N–H and O–H groups in total. The molecule has 2 aromatic carbocycles. The van der Waals surface area contributed by atoms with Gasteiger partial charge in [0.05, 0.1) is 17.6 Å². The maximum absolute atomic E-state index is 4.63. The lowest BCUT2D eigenvalue weighted by atomic mass is 10.1. The van der Waals surface area contributed by atoms with Crippen molar-refractivity contribution in [3.63, 3.8) is 0 Å². The molecule has 0 bridgehead atoms. The first-order valence-corrected chi connectivity index (χ1v) is 7.09. The Balaban J connectivity index is 1.86. The SMILES string of the molecule is Cc1cccc(C)c1N=Cc1ccc(-c2ccccc2)[nH]1. The number of para-hydroxylation sites is 1. The summed E-state index contributed by atoms with van der Waals surface area (Å²) in [4.78, 5) is 8.02. The van der Waals surface area contributed by atoms with E-state index in [0.717, 1.165) is 17.1 Å². The molecule has 0 fully saturated rings. The highest BCUT2D eigenvalue weighted by Crippen LogP contribution is 2.23. The van der Waals surface area contributed by atoms with E-state index in [2.05, 4.69) is 66.3 Å². The first kappa shape index (κ1) is 13.4. The van der Waals surface area contributed by atoms with E-state index in [9.17, 15) is 0 Å². The molecule has 0 atom stereocenters. The first-order chi connectivity index (χ1) is 10.2. The first-order valence-electron chi connectivity index (χ1n) is 7.09. The molecule has 3 rings (SSSR count). The van der Waals surface area contributed by atoms with E-state index in [1.54, 1.807) is 0 Å². The van der Waals surface area contributed by atoms with E-state index in [1.807, 2.05) is 24.4 Å². The minimum atomic E-state index is 1.01. The summed E-state index contributed by atoms with van der Waals surface area (Å²) in [7, 11) is 0. The molecule has 0 aliphatic rings. The molecule has 0 saturated heterocycles. The normalized spacial score (nSPS) is 11.1. The van der Waals surface area contributed by atoms with Gasteiger partial charge in [0, 0.05) is 5.69 Å². The molecule has 3 aromatic rings. The lowest BCUT2D eigenvalue weighted by Gasteiger charge is -2.03. The lowest BCUT2D eigenvalue weighted by Crippen LogP contribution is -1.84. The molecule has 104 valence electrons. The van der Waals surface area contributed by atoms with Crippen molar-refractivity contribution in [2.24, 2.45) is 4.99 Å². The number of aryl methyl sites for hydroxylation is 2. The predicted molar refractivity (Wildman–Crippen MR) is 89.4 cm³/mol. The van der Waals surface area contributed by atoms with Crippen LogP contribution in [0, 0.1) is 13.8 Å². The largest absolute Gasteiger partial charge is 0.354 e. The van der Waals surface area contributed by atoms with Crippen LogP contribution in [0.2, 0.25) is 0 Å². The van der Waals surface area contributed by atoms with Gasteiger partial charge in [-0.15, -0.1) is 0 Å². The smallest absolute Gasteiger partial charge is 0.0688 e. The summed E-state index contributed by atoms with van der Waals surface area (Å²) in [6.45, 7) is 4.17. The van der Waals surface area contributed by atoms with Gasteiger partial charge in [0.25, 0.3) is 0 Å². The third kappa shape index (κ3) is 2.95. The molecular weight excluding hydrogens is 256 g/mol. The van der Waals surface area contributed by atoms with Gasteiger partial charge >= 0.3 is 0 Å². The molecule has 0 spiro atoms. The standard InChI is InChI=1S/C19H18N2/c1-14-7-6-8-15(2)19(14)20-13-17-11-12-18(21-17)16-9-4-3-5-10-16/h3-13,21H,1-2H3. The van der Waals surface area contributed by atoms with Crippen molar-refractivity contribution in [1.29, 1.82) is 0 Å². The maximum Gasteiger partial charge on any atom is 0.0688 e. The highest BCUT2D eigenvalue weighted by Gasteiger charge is 2.01. The second kappa shape index (κ2) is 5.80. The summed E-state index contributed by atoms with van der Waals surface area (Å²) in [5.74, 6) is 0. The van der Waals surface area contributed by atoms with Crippen LogP contribution in [0.5, 0.6) is 0 Å². The van der Waals surface area contributed by atoms with Gasteiger partial charge < -0.3 is 4.98 Å². The highest BCUT2D eigenvalue weighted by molar-refractivity contribution is 5.82. The van der Waals surface area contributed by atoms with Crippen LogP contribution in [0.25, 0.3) is 11.3 Å². The van der Waals surface area contributed by atoms with Gasteiger partial charge in [-0.1, -0.05) is 48.5 Å². The topological polar surface area (TPSA) is 28.1 Å². The second-order valence-electron chi connectivity index (χ2n) is 5.19. The molecule has 0 radical (unpaired) electrons. The van der Waals surface area contributed by atoms with Crippen molar-refractivity contribution in [3.05, 3.63) is 77.5 Å². The molecule has 1 heterocycles. The van der Waals surface area contributed by atoms with Crippen molar-refractivity contribution in [2.45, 2.75) is 13.8 Å². The number of benzene rings is 2. The number of rotatable bonds is 3. The molecule has 0 unspecified atom stereocenters. The van der Waals surface area contributed by atoms with Crippen molar-refractivity contribution in [1.82, 2.24) is 4.98 Å². The van der Waals surface area contributed by atoms with Crippen LogP contribution in [0.4, 0.5) is 5.69 Å². The van der Waals surface area contributed by atoms with Crippen LogP contribution in [0.1, 0.15) is 16.8 Å². The molecule has 0 aliphatic carbocycles. The van der Waals surface area contributed by atoms with E-state index >= 15 is 0 Å². The molecule has 21 heavy (non-hydrogen) atoms. The Kier molecular flexibility index (Phi) is 3.69.